The lowest BCUT2D eigenvalue weighted by atomic mass is 9.97. The first-order valence-electron chi connectivity index (χ1n) is 9.20. The van der Waals surface area contributed by atoms with E-state index in [0.717, 1.165) is 0 Å². The van der Waals surface area contributed by atoms with Crippen molar-refractivity contribution < 1.29 is 22.8 Å². The highest BCUT2D eigenvalue weighted by atomic mass is 19.3. The Kier molecular flexibility index (Phi) is 7.74. The van der Waals surface area contributed by atoms with E-state index in [1.165, 1.54) is 13.2 Å². The zero-order valence-corrected chi connectivity index (χ0v) is 17.3. The van der Waals surface area contributed by atoms with Crippen LogP contribution in [0, 0.1) is 0 Å². The van der Waals surface area contributed by atoms with Crippen molar-refractivity contribution in [1.29, 1.82) is 0 Å². The van der Waals surface area contributed by atoms with Crippen LogP contribution in [0.1, 0.15) is 45.0 Å². The van der Waals surface area contributed by atoms with E-state index in [2.05, 4.69) is 30.5 Å². The first kappa shape index (κ1) is 22.4. The molecule has 0 saturated heterocycles. The number of benzene rings is 1. The Morgan fingerprint density at radius 2 is 2.03 bits per heavy atom. The number of hydrogen-bond acceptors (Lipinski definition) is 6. The van der Waals surface area contributed by atoms with Crippen molar-refractivity contribution in [2.75, 3.05) is 13.7 Å². The van der Waals surface area contributed by atoms with Crippen LogP contribution < -0.4 is 20.1 Å². The Morgan fingerprint density at radius 1 is 1.28 bits per heavy atom. The Bertz CT molecular complexity index is 818. The van der Waals surface area contributed by atoms with Gasteiger partial charge in [-0.15, -0.1) is 0 Å². The van der Waals surface area contributed by atoms with Crippen molar-refractivity contribution in [3.8, 4) is 11.5 Å². The van der Waals surface area contributed by atoms with Gasteiger partial charge in [-0.25, -0.2) is 4.99 Å². The Hall–Kier alpha value is -2.91. The zero-order valence-electron chi connectivity index (χ0n) is 17.3. The molecule has 0 bridgehead atoms. The van der Waals surface area contributed by atoms with Gasteiger partial charge in [0.15, 0.2) is 11.8 Å². The van der Waals surface area contributed by atoms with Gasteiger partial charge < -0.3 is 24.6 Å². The number of nitrogens with one attached hydrogen (secondary N) is 2. The molecule has 29 heavy (non-hydrogen) atoms. The summed E-state index contributed by atoms with van der Waals surface area (Å²) in [5, 5.41) is 10.1. The van der Waals surface area contributed by atoms with Crippen LogP contribution >= 0.6 is 0 Å². The molecule has 10 heteroatoms. The van der Waals surface area contributed by atoms with E-state index in [9.17, 15) is 8.78 Å². The molecule has 0 fully saturated rings. The summed E-state index contributed by atoms with van der Waals surface area (Å²) in [4.78, 5) is 8.78. The highest BCUT2D eigenvalue weighted by molar-refractivity contribution is 5.79. The second kappa shape index (κ2) is 10.0. The molecular weight excluding hydrogens is 384 g/mol. The van der Waals surface area contributed by atoms with E-state index in [-0.39, 0.29) is 17.7 Å². The third kappa shape index (κ3) is 6.88. The second-order valence-electron chi connectivity index (χ2n) is 7.17. The molecular formula is C19H27F2N5O3. The maximum absolute atomic E-state index is 12.7. The minimum Gasteiger partial charge on any atom is -0.497 e. The fraction of sp³-hybridized carbons (Fsp3) is 0.526. The number of ether oxygens (including phenoxy) is 2. The van der Waals surface area contributed by atoms with Crippen molar-refractivity contribution in [2.24, 2.45) is 4.99 Å². The van der Waals surface area contributed by atoms with Crippen molar-refractivity contribution in [1.82, 2.24) is 20.8 Å². The molecule has 1 heterocycles. The molecule has 2 aromatic rings. The maximum atomic E-state index is 12.7. The van der Waals surface area contributed by atoms with E-state index < -0.39 is 6.61 Å². The molecule has 0 spiro atoms. The fourth-order valence-corrected chi connectivity index (χ4v) is 2.32. The van der Waals surface area contributed by atoms with Gasteiger partial charge in [0.2, 0.25) is 5.89 Å². The minimum absolute atomic E-state index is 0.0494. The Labute approximate surface area is 168 Å². The van der Waals surface area contributed by atoms with Crippen LogP contribution in [-0.2, 0) is 18.5 Å². The molecule has 0 unspecified atom stereocenters. The highest BCUT2D eigenvalue weighted by Crippen LogP contribution is 2.26. The summed E-state index contributed by atoms with van der Waals surface area (Å²) in [5.41, 5.74) is 0.230. The number of aromatic nitrogens is 2. The van der Waals surface area contributed by atoms with Gasteiger partial charge in [0.25, 0.3) is 0 Å². The molecule has 160 valence electrons. The van der Waals surface area contributed by atoms with Gasteiger partial charge in [-0.05, 0) is 25.1 Å². The third-order valence-electron chi connectivity index (χ3n) is 3.76. The van der Waals surface area contributed by atoms with E-state index >= 15 is 0 Å². The smallest absolute Gasteiger partial charge is 0.387 e. The van der Waals surface area contributed by atoms with Crippen molar-refractivity contribution in [3.63, 3.8) is 0 Å². The molecule has 1 aromatic heterocycles. The molecule has 0 saturated carbocycles. The third-order valence-corrected chi connectivity index (χ3v) is 3.76. The van der Waals surface area contributed by atoms with E-state index in [1.54, 1.807) is 12.1 Å². The summed E-state index contributed by atoms with van der Waals surface area (Å²) in [5.74, 6) is 2.08. The van der Waals surface area contributed by atoms with Crippen molar-refractivity contribution >= 4 is 5.96 Å². The van der Waals surface area contributed by atoms with Crippen molar-refractivity contribution in [3.05, 3.63) is 35.5 Å². The van der Waals surface area contributed by atoms with Crippen LogP contribution in [0.25, 0.3) is 0 Å². The number of hydrogen-bond donors (Lipinski definition) is 2. The molecule has 0 aliphatic heterocycles. The zero-order chi connectivity index (χ0) is 21.4. The summed E-state index contributed by atoms with van der Waals surface area (Å²) in [6.07, 6.45) is 0. The molecule has 2 rings (SSSR count). The number of nitrogens with zero attached hydrogens (tertiary/aromatic N) is 3. The van der Waals surface area contributed by atoms with Gasteiger partial charge in [0.1, 0.15) is 11.5 Å². The predicted molar refractivity (Wildman–Crippen MR) is 104 cm³/mol. The van der Waals surface area contributed by atoms with Crippen LogP contribution in [0.3, 0.4) is 0 Å². The highest BCUT2D eigenvalue weighted by Gasteiger charge is 2.21. The number of halogens is 2. The summed E-state index contributed by atoms with van der Waals surface area (Å²) in [7, 11) is 1.50. The Morgan fingerprint density at radius 3 is 2.62 bits per heavy atom. The number of alkyl halides is 2. The molecule has 2 N–H and O–H groups in total. The molecule has 1 aromatic carbocycles. The quantitative estimate of drug-likeness (QED) is 0.509. The summed E-state index contributed by atoms with van der Waals surface area (Å²) in [6, 6.07) is 4.60. The Balaban J connectivity index is 2.11. The summed E-state index contributed by atoms with van der Waals surface area (Å²) >= 11 is 0. The van der Waals surface area contributed by atoms with E-state index in [0.29, 0.717) is 42.1 Å². The van der Waals surface area contributed by atoms with Gasteiger partial charge in [-0.3, -0.25) is 0 Å². The largest absolute Gasteiger partial charge is 0.497 e. The average molecular weight is 411 g/mol. The summed E-state index contributed by atoms with van der Waals surface area (Å²) in [6.45, 7) is 5.96. The van der Waals surface area contributed by atoms with Gasteiger partial charge in [-0.1, -0.05) is 25.9 Å². The SMILES string of the molecule is CCNC(=NCc1cc(OC)ccc1OC(F)F)NCc1noc(C(C)(C)C)n1. The number of guanidine groups is 1. The normalized spacial score (nSPS) is 12.2. The van der Waals surface area contributed by atoms with E-state index in [4.69, 9.17) is 9.26 Å². The molecule has 0 aliphatic carbocycles. The molecule has 0 atom stereocenters. The summed E-state index contributed by atoms with van der Waals surface area (Å²) < 4.78 is 40.3. The van der Waals surface area contributed by atoms with Crippen LogP contribution in [-0.4, -0.2) is 36.4 Å². The second-order valence-corrected chi connectivity index (χ2v) is 7.17. The predicted octanol–water partition coefficient (Wildman–Crippen LogP) is 3.23. The van der Waals surface area contributed by atoms with Crippen molar-refractivity contribution in [2.45, 2.75) is 52.8 Å². The van der Waals surface area contributed by atoms with Crippen LogP contribution in [0.15, 0.2) is 27.7 Å². The van der Waals surface area contributed by atoms with Crippen LogP contribution in [0.4, 0.5) is 8.78 Å². The fourth-order valence-electron chi connectivity index (χ4n) is 2.32. The minimum atomic E-state index is -2.92. The lowest BCUT2D eigenvalue weighted by Crippen LogP contribution is -2.37. The van der Waals surface area contributed by atoms with Gasteiger partial charge >= 0.3 is 6.61 Å². The van der Waals surface area contributed by atoms with Crippen LogP contribution in [0.2, 0.25) is 0 Å². The molecule has 0 amide bonds. The number of rotatable bonds is 8. The maximum Gasteiger partial charge on any atom is 0.387 e. The molecule has 0 aliphatic rings. The average Bonchev–Trinajstić information content (AvgIpc) is 3.14. The van der Waals surface area contributed by atoms with Crippen LogP contribution in [0.5, 0.6) is 11.5 Å². The number of methoxy groups -OCH3 is 1. The number of aliphatic imine (C=N–C) groups is 1. The topological polar surface area (TPSA) is 93.8 Å². The van der Waals surface area contributed by atoms with Gasteiger partial charge in [0.05, 0.1) is 20.2 Å². The van der Waals surface area contributed by atoms with E-state index in [1.807, 2.05) is 27.7 Å². The monoisotopic (exact) mass is 411 g/mol. The standard InChI is InChI=1S/C19H27F2N5O3/c1-6-22-18(24-11-15-25-16(29-26-15)19(2,3)4)23-10-12-9-13(27-5)7-8-14(12)28-17(20)21/h7-9,17H,6,10-11H2,1-5H3,(H2,22,23,24). The first-order chi connectivity index (χ1) is 13.7. The molecule has 0 radical (unpaired) electrons. The van der Waals surface area contributed by atoms with Gasteiger partial charge in [0, 0.05) is 17.5 Å². The molecule has 8 nitrogen and oxygen atoms in total. The first-order valence-corrected chi connectivity index (χ1v) is 9.20. The van der Waals surface area contributed by atoms with Gasteiger partial charge in [-0.2, -0.15) is 13.8 Å². The lowest BCUT2D eigenvalue weighted by Gasteiger charge is -2.13. The lowest BCUT2D eigenvalue weighted by molar-refractivity contribution is -0.0504.